The number of aryl methyl sites for hydroxylation is 3. The van der Waals surface area contributed by atoms with Gasteiger partial charge in [0.05, 0.1) is 18.3 Å². The van der Waals surface area contributed by atoms with Crippen molar-refractivity contribution in [2.75, 3.05) is 17.7 Å². The number of nitrogens with one attached hydrogen (secondary N) is 3. The third-order valence-electron chi connectivity index (χ3n) is 5.05. The van der Waals surface area contributed by atoms with E-state index in [0.717, 1.165) is 39.7 Å². The van der Waals surface area contributed by atoms with Crippen LogP contribution in [-0.4, -0.2) is 17.1 Å². The van der Waals surface area contributed by atoms with Gasteiger partial charge < -0.3 is 20.4 Å². The third-order valence-corrected chi connectivity index (χ3v) is 5.05. The van der Waals surface area contributed by atoms with Gasteiger partial charge in [-0.15, -0.1) is 0 Å². The van der Waals surface area contributed by atoms with E-state index in [2.05, 4.69) is 60.7 Å². The van der Waals surface area contributed by atoms with Crippen molar-refractivity contribution >= 4 is 28.4 Å². The van der Waals surface area contributed by atoms with Crippen LogP contribution in [0.3, 0.4) is 0 Å². The fourth-order valence-corrected chi connectivity index (χ4v) is 3.71. The van der Waals surface area contributed by atoms with Crippen molar-refractivity contribution in [3.63, 3.8) is 0 Å². The molecule has 0 saturated carbocycles. The Morgan fingerprint density at radius 1 is 0.966 bits per heavy atom. The van der Waals surface area contributed by atoms with Gasteiger partial charge in [0.2, 0.25) is 5.95 Å². The van der Waals surface area contributed by atoms with E-state index in [1.165, 1.54) is 16.7 Å². The van der Waals surface area contributed by atoms with Crippen LogP contribution >= 0.6 is 0 Å². The second kappa shape index (κ2) is 7.87. The Hall–Kier alpha value is -3.47. The quantitative estimate of drug-likeness (QED) is 0.389. The minimum Gasteiger partial charge on any atom is -0.497 e. The number of aromatic nitrogens is 2. The smallest absolute Gasteiger partial charge is 0.205 e. The summed E-state index contributed by atoms with van der Waals surface area (Å²) in [4.78, 5) is 8.19. The summed E-state index contributed by atoms with van der Waals surface area (Å²) in [5.74, 6) is 1.60. The van der Waals surface area contributed by atoms with Gasteiger partial charge in [0, 0.05) is 12.2 Å². The van der Waals surface area contributed by atoms with Crippen molar-refractivity contribution in [3.8, 4) is 5.75 Å². The van der Waals surface area contributed by atoms with Crippen molar-refractivity contribution in [1.29, 1.82) is 0 Å². The predicted octanol–water partition coefficient (Wildman–Crippen LogP) is 5.85. The molecule has 4 aromatic rings. The first kappa shape index (κ1) is 18.9. The van der Waals surface area contributed by atoms with E-state index in [4.69, 9.17) is 9.72 Å². The van der Waals surface area contributed by atoms with Crippen LogP contribution in [0.1, 0.15) is 22.3 Å². The van der Waals surface area contributed by atoms with Crippen molar-refractivity contribution < 1.29 is 4.74 Å². The SMILES string of the molecule is COc1cccc(CNc2cccc3[nH]c(Nc4c(C)cc(C)cc4C)nc23)c1. The summed E-state index contributed by atoms with van der Waals surface area (Å²) < 4.78 is 5.31. The van der Waals surface area contributed by atoms with Gasteiger partial charge in [-0.05, 0) is 61.7 Å². The summed E-state index contributed by atoms with van der Waals surface area (Å²) in [5.41, 5.74) is 8.83. The van der Waals surface area contributed by atoms with E-state index >= 15 is 0 Å². The number of rotatable bonds is 6. The summed E-state index contributed by atoms with van der Waals surface area (Å²) in [7, 11) is 1.68. The molecular formula is C24H26N4O. The highest BCUT2D eigenvalue weighted by atomic mass is 16.5. The number of hydrogen-bond acceptors (Lipinski definition) is 4. The molecule has 0 aliphatic rings. The Morgan fingerprint density at radius 3 is 2.48 bits per heavy atom. The summed E-state index contributed by atoms with van der Waals surface area (Å²) in [6, 6.07) is 18.5. The lowest BCUT2D eigenvalue weighted by molar-refractivity contribution is 0.414. The highest BCUT2D eigenvalue weighted by Crippen LogP contribution is 2.28. The molecule has 5 nitrogen and oxygen atoms in total. The molecule has 0 aliphatic heterocycles. The van der Waals surface area contributed by atoms with Crippen molar-refractivity contribution in [1.82, 2.24) is 9.97 Å². The molecule has 0 spiro atoms. The number of nitrogens with zero attached hydrogens (tertiary/aromatic N) is 1. The van der Waals surface area contributed by atoms with Crippen molar-refractivity contribution in [3.05, 3.63) is 76.9 Å². The fraction of sp³-hybridized carbons (Fsp3) is 0.208. The summed E-state index contributed by atoms with van der Waals surface area (Å²) in [5, 5.41) is 6.96. The van der Waals surface area contributed by atoms with E-state index in [1.54, 1.807) is 7.11 Å². The van der Waals surface area contributed by atoms with Crippen LogP contribution in [0.25, 0.3) is 11.0 Å². The molecule has 0 fully saturated rings. The molecule has 148 valence electrons. The molecule has 0 radical (unpaired) electrons. The molecule has 4 rings (SSSR count). The number of imidazole rings is 1. The molecule has 5 heteroatoms. The Bertz CT molecular complexity index is 1140. The van der Waals surface area contributed by atoms with E-state index in [1.807, 2.05) is 30.3 Å². The Kier molecular flexibility index (Phi) is 5.12. The van der Waals surface area contributed by atoms with E-state index in [0.29, 0.717) is 6.54 Å². The van der Waals surface area contributed by atoms with Crippen LogP contribution < -0.4 is 15.4 Å². The maximum atomic E-state index is 5.31. The number of ether oxygens (including phenoxy) is 1. The first-order valence-corrected chi connectivity index (χ1v) is 9.74. The van der Waals surface area contributed by atoms with Crippen LogP contribution in [0.4, 0.5) is 17.3 Å². The van der Waals surface area contributed by atoms with Gasteiger partial charge in [0.1, 0.15) is 11.3 Å². The number of aromatic amines is 1. The maximum absolute atomic E-state index is 5.31. The van der Waals surface area contributed by atoms with E-state index < -0.39 is 0 Å². The lowest BCUT2D eigenvalue weighted by Crippen LogP contribution is -2.00. The summed E-state index contributed by atoms with van der Waals surface area (Å²) >= 11 is 0. The third kappa shape index (κ3) is 4.04. The average Bonchev–Trinajstić information content (AvgIpc) is 3.12. The number of anilines is 3. The van der Waals surface area contributed by atoms with Gasteiger partial charge in [-0.25, -0.2) is 4.98 Å². The number of benzene rings is 3. The van der Waals surface area contributed by atoms with Crippen LogP contribution in [0.2, 0.25) is 0 Å². The monoisotopic (exact) mass is 386 g/mol. The van der Waals surface area contributed by atoms with Crippen LogP contribution in [0.5, 0.6) is 5.75 Å². The standard InChI is InChI=1S/C24H26N4O/c1-15-11-16(2)22(17(3)12-15)27-24-26-21-10-6-9-20(23(21)28-24)25-14-18-7-5-8-19(13-18)29-4/h5-13,25H,14H2,1-4H3,(H2,26,27,28). The molecule has 1 heterocycles. The highest BCUT2D eigenvalue weighted by Gasteiger charge is 2.10. The zero-order valence-electron chi connectivity index (χ0n) is 17.3. The Balaban J connectivity index is 1.59. The van der Waals surface area contributed by atoms with Gasteiger partial charge >= 0.3 is 0 Å². The normalized spacial score (nSPS) is 10.9. The van der Waals surface area contributed by atoms with E-state index in [-0.39, 0.29) is 0 Å². The van der Waals surface area contributed by atoms with Gasteiger partial charge in [0.25, 0.3) is 0 Å². The predicted molar refractivity (Wildman–Crippen MR) is 120 cm³/mol. The number of H-pyrrole nitrogens is 1. The molecule has 3 aromatic carbocycles. The summed E-state index contributed by atoms with van der Waals surface area (Å²) in [6.07, 6.45) is 0. The van der Waals surface area contributed by atoms with Gasteiger partial charge in [-0.1, -0.05) is 35.9 Å². The molecule has 0 amide bonds. The number of para-hydroxylation sites is 1. The summed E-state index contributed by atoms with van der Waals surface area (Å²) in [6.45, 7) is 7.05. The maximum Gasteiger partial charge on any atom is 0.205 e. The van der Waals surface area contributed by atoms with E-state index in [9.17, 15) is 0 Å². The zero-order valence-corrected chi connectivity index (χ0v) is 17.3. The first-order valence-electron chi connectivity index (χ1n) is 9.74. The van der Waals surface area contributed by atoms with Crippen LogP contribution in [0.15, 0.2) is 54.6 Å². The molecule has 0 aliphatic carbocycles. The molecule has 0 bridgehead atoms. The largest absolute Gasteiger partial charge is 0.497 e. The lowest BCUT2D eigenvalue weighted by atomic mass is 10.1. The number of methoxy groups -OCH3 is 1. The fourth-order valence-electron chi connectivity index (χ4n) is 3.71. The molecule has 1 aromatic heterocycles. The van der Waals surface area contributed by atoms with Gasteiger partial charge in [-0.2, -0.15) is 0 Å². The number of fused-ring (bicyclic) bond motifs is 1. The average molecular weight is 386 g/mol. The van der Waals surface area contributed by atoms with Gasteiger partial charge in [0.15, 0.2) is 0 Å². The molecular weight excluding hydrogens is 360 g/mol. The molecule has 3 N–H and O–H groups in total. The topological polar surface area (TPSA) is 62.0 Å². The van der Waals surface area contributed by atoms with Crippen LogP contribution in [-0.2, 0) is 6.54 Å². The highest BCUT2D eigenvalue weighted by molar-refractivity contribution is 5.90. The second-order valence-corrected chi connectivity index (χ2v) is 7.39. The molecule has 29 heavy (non-hydrogen) atoms. The molecule has 0 saturated heterocycles. The van der Waals surface area contributed by atoms with Crippen molar-refractivity contribution in [2.45, 2.75) is 27.3 Å². The Morgan fingerprint density at radius 2 is 1.72 bits per heavy atom. The zero-order chi connectivity index (χ0) is 20.4. The first-order chi connectivity index (χ1) is 14.0. The second-order valence-electron chi connectivity index (χ2n) is 7.39. The minimum atomic E-state index is 0.697. The van der Waals surface area contributed by atoms with Gasteiger partial charge in [-0.3, -0.25) is 0 Å². The molecule has 0 atom stereocenters. The Labute approximate surface area is 171 Å². The number of hydrogen-bond donors (Lipinski definition) is 3. The lowest BCUT2D eigenvalue weighted by Gasteiger charge is -2.11. The minimum absolute atomic E-state index is 0.697. The molecule has 0 unspecified atom stereocenters. The van der Waals surface area contributed by atoms with Crippen molar-refractivity contribution in [2.24, 2.45) is 0 Å². The van der Waals surface area contributed by atoms with Crippen LogP contribution in [0, 0.1) is 20.8 Å².